The number of rotatable bonds is 7. The molecular formula is C22H27NO2. The third-order valence-corrected chi connectivity index (χ3v) is 5.18. The lowest BCUT2D eigenvalue weighted by molar-refractivity contribution is -0.151. The zero-order chi connectivity index (χ0) is 17.5. The Morgan fingerprint density at radius 3 is 2.24 bits per heavy atom. The van der Waals surface area contributed by atoms with E-state index in [1.54, 1.807) is 0 Å². The van der Waals surface area contributed by atoms with Crippen LogP contribution in [0.1, 0.15) is 36.8 Å². The summed E-state index contributed by atoms with van der Waals surface area (Å²) in [5.41, 5.74) is 1.95. The maximum Gasteiger partial charge on any atom is 0.316 e. The number of carbonyl (C=O) groups is 1. The first-order chi connectivity index (χ1) is 12.2. The first-order valence-corrected chi connectivity index (χ1v) is 9.16. The van der Waals surface area contributed by atoms with Crippen molar-refractivity contribution >= 4 is 5.97 Å². The summed E-state index contributed by atoms with van der Waals surface area (Å²) in [4.78, 5) is 15.1. The van der Waals surface area contributed by atoms with Crippen LogP contribution < -0.4 is 0 Å². The topological polar surface area (TPSA) is 29.5 Å². The molecule has 0 heterocycles. The normalized spacial score (nSPS) is 16.1. The minimum atomic E-state index is -0.431. The summed E-state index contributed by atoms with van der Waals surface area (Å²) >= 11 is 0. The van der Waals surface area contributed by atoms with Crippen LogP contribution in [0.3, 0.4) is 0 Å². The molecule has 132 valence electrons. The van der Waals surface area contributed by atoms with Crippen LogP contribution in [0.4, 0.5) is 0 Å². The molecule has 1 aliphatic rings. The van der Waals surface area contributed by atoms with Gasteiger partial charge in [-0.2, -0.15) is 0 Å². The number of ether oxygens (including phenoxy) is 1. The summed E-state index contributed by atoms with van der Waals surface area (Å²) in [6, 6.07) is 20.5. The van der Waals surface area contributed by atoms with Crippen LogP contribution in [-0.4, -0.2) is 31.1 Å². The van der Waals surface area contributed by atoms with Gasteiger partial charge in [0.2, 0.25) is 0 Å². The molecule has 25 heavy (non-hydrogen) atoms. The Morgan fingerprint density at radius 1 is 1.00 bits per heavy atom. The highest BCUT2D eigenvalue weighted by atomic mass is 16.5. The fraction of sp³-hybridized carbons (Fsp3) is 0.409. The van der Waals surface area contributed by atoms with Crippen molar-refractivity contribution in [3.05, 3.63) is 71.8 Å². The standard InChI is InChI=1S/C22H27NO2/c1-23(18-19-10-4-2-5-11-19)16-17-25-21(24)22(14-8-9-15-22)20-12-6-3-7-13-20/h2-7,10-13H,8-9,14-18H2,1H3. The van der Waals surface area contributed by atoms with Crippen LogP contribution in [0.5, 0.6) is 0 Å². The van der Waals surface area contributed by atoms with Crippen molar-refractivity contribution in [3.63, 3.8) is 0 Å². The number of nitrogens with zero attached hydrogens (tertiary/aromatic N) is 1. The molecule has 3 nitrogen and oxygen atoms in total. The number of hydrogen-bond donors (Lipinski definition) is 0. The second-order valence-corrected chi connectivity index (χ2v) is 7.01. The largest absolute Gasteiger partial charge is 0.464 e. The molecule has 0 radical (unpaired) electrons. The monoisotopic (exact) mass is 337 g/mol. The van der Waals surface area contributed by atoms with Gasteiger partial charge in [0, 0.05) is 13.1 Å². The predicted molar refractivity (Wildman–Crippen MR) is 100 cm³/mol. The van der Waals surface area contributed by atoms with E-state index < -0.39 is 5.41 Å². The van der Waals surface area contributed by atoms with E-state index in [0.717, 1.165) is 44.3 Å². The molecule has 2 aromatic rings. The quantitative estimate of drug-likeness (QED) is 0.710. The van der Waals surface area contributed by atoms with Crippen molar-refractivity contribution in [1.29, 1.82) is 0 Å². The van der Waals surface area contributed by atoms with Gasteiger partial charge in [0.1, 0.15) is 6.61 Å². The Kier molecular flexibility index (Phi) is 5.87. The first kappa shape index (κ1) is 17.7. The van der Waals surface area contributed by atoms with Gasteiger partial charge in [-0.25, -0.2) is 0 Å². The maximum absolute atomic E-state index is 12.9. The Balaban J connectivity index is 1.54. The SMILES string of the molecule is CN(CCOC(=O)C1(c2ccccc2)CCCC1)Cc1ccccc1. The summed E-state index contributed by atoms with van der Waals surface area (Å²) in [7, 11) is 2.06. The van der Waals surface area contributed by atoms with E-state index in [1.807, 2.05) is 36.4 Å². The average Bonchev–Trinajstić information content (AvgIpc) is 3.14. The summed E-state index contributed by atoms with van der Waals surface area (Å²) < 4.78 is 5.71. The molecule has 1 saturated carbocycles. The Hall–Kier alpha value is -2.13. The summed E-state index contributed by atoms with van der Waals surface area (Å²) in [5.74, 6) is -0.0516. The van der Waals surface area contributed by atoms with Crippen LogP contribution in [-0.2, 0) is 21.5 Å². The van der Waals surface area contributed by atoms with Crippen molar-refractivity contribution < 1.29 is 9.53 Å². The molecular weight excluding hydrogens is 310 g/mol. The van der Waals surface area contributed by atoms with Gasteiger partial charge in [-0.1, -0.05) is 73.5 Å². The van der Waals surface area contributed by atoms with E-state index in [-0.39, 0.29) is 5.97 Å². The fourth-order valence-corrected chi connectivity index (χ4v) is 3.75. The van der Waals surface area contributed by atoms with E-state index in [4.69, 9.17) is 4.74 Å². The van der Waals surface area contributed by atoms with Crippen molar-refractivity contribution in [2.75, 3.05) is 20.2 Å². The van der Waals surface area contributed by atoms with E-state index in [9.17, 15) is 4.79 Å². The van der Waals surface area contributed by atoms with Crippen molar-refractivity contribution in [3.8, 4) is 0 Å². The molecule has 0 bridgehead atoms. The number of hydrogen-bond acceptors (Lipinski definition) is 3. The number of esters is 1. The van der Waals surface area contributed by atoms with Crippen molar-refractivity contribution in [2.45, 2.75) is 37.6 Å². The average molecular weight is 337 g/mol. The van der Waals surface area contributed by atoms with E-state index in [1.165, 1.54) is 5.56 Å². The molecule has 0 unspecified atom stereocenters. The lowest BCUT2D eigenvalue weighted by atomic mass is 9.79. The molecule has 3 rings (SSSR count). The van der Waals surface area contributed by atoms with Crippen molar-refractivity contribution in [1.82, 2.24) is 4.90 Å². The molecule has 0 spiro atoms. The van der Waals surface area contributed by atoms with E-state index in [0.29, 0.717) is 6.61 Å². The van der Waals surface area contributed by atoms with Gasteiger partial charge in [0.05, 0.1) is 5.41 Å². The summed E-state index contributed by atoms with van der Waals surface area (Å²) in [6.07, 6.45) is 3.99. The van der Waals surface area contributed by atoms with E-state index >= 15 is 0 Å². The van der Waals surface area contributed by atoms with Gasteiger partial charge in [-0.3, -0.25) is 9.69 Å². The highest BCUT2D eigenvalue weighted by Gasteiger charge is 2.43. The van der Waals surface area contributed by atoms with Gasteiger partial charge in [-0.05, 0) is 31.0 Å². The summed E-state index contributed by atoms with van der Waals surface area (Å²) in [6.45, 7) is 2.05. The second-order valence-electron chi connectivity index (χ2n) is 7.01. The van der Waals surface area contributed by atoms with E-state index in [2.05, 4.69) is 36.2 Å². The van der Waals surface area contributed by atoms with Crippen molar-refractivity contribution in [2.24, 2.45) is 0 Å². The fourth-order valence-electron chi connectivity index (χ4n) is 3.75. The minimum Gasteiger partial charge on any atom is -0.464 e. The second kappa shape index (κ2) is 8.30. The van der Waals surface area contributed by atoms with Crippen LogP contribution in [0.2, 0.25) is 0 Å². The zero-order valence-electron chi connectivity index (χ0n) is 15.0. The highest BCUT2D eigenvalue weighted by molar-refractivity contribution is 5.83. The lowest BCUT2D eigenvalue weighted by Crippen LogP contribution is -2.36. The van der Waals surface area contributed by atoms with Crippen LogP contribution in [0.25, 0.3) is 0 Å². The van der Waals surface area contributed by atoms with Crippen LogP contribution >= 0.6 is 0 Å². The molecule has 0 aromatic heterocycles. The highest BCUT2D eigenvalue weighted by Crippen LogP contribution is 2.42. The Labute approximate surface area is 150 Å². The van der Waals surface area contributed by atoms with Gasteiger partial charge in [-0.15, -0.1) is 0 Å². The zero-order valence-corrected chi connectivity index (χ0v) is 15.0. The molecule has 2 aromatic carbocycles. The predicted octanol–water partition coefficient (Wildman–Crippen LogP) is 4.17. The molecule has 1 fully saturated rings. The number of benzene rings is 2. The maximum atomic E-state index is 12.9. The minimum absolute atomic E-state index is 0.0516. The summed E-state index contributed by atoms with van der Waals surface area (Å²) in [5, 5.41) is 0. The molecule has 0 N–H and O–H groups in total. The molecule has 0 amide bonds. The van der Waals surface area contributed by atoms with Gasteiger partial charge in [0.25, 0.3) is 0 Å². The molecule has 1 aliphatic carbocycles. The third-order valence-electron chi connectivity index (χ3n) is 5.18. The van der Waals surface area contributed by atoms with Gasteiger partial charge in [0.15, 0.2) is 0 Å². The first-order valence-electron chi connectivity index (χ1n) is 9.16. The lowest BCUT2D eigenvalue weighted by Gasteiger charge is -2.27. The van der Waals surface area contributed by atoms with Crippen LogP contribution in [0, 0.1) is 0 Å². The number of carbonyl (C=O) groups excluding carboxylic acids is 1. The molecule has 3 heteroatoms. The third kappa shape index (κ3) is 4.29. The smallest absolute Gasteiger partial charge is 0.316 e. The molecule has 0 atom stereocenters. The molecule has 0 aliphatic heterocycles. The Bertz CT molecular complexity index is 663. The Morgan fingerprint density at radius 2 is 1.60 bits per heavy atom. The van der Waals surface area contributed by atoms with Gasteiger partial charge < -0.3 is 4.74 Å². The molecule has 0 saturated heterocycles. The number of likely N-dealkylation sites (N-methyl/N-ethyl adjacent to an activating group) is 1. The van der Waals surface area contributed by atoms with Crippen LogP contribution in [0.15, 0.2) is 60.7 Å². The van der Waals surface area contributed by atoms with Gasteiger partial charge >= 0.3 is 5.97 Å².